The number of aliphatic hydroxyl groups excluding tert-OH is 1. The average molecular weight is 479 g/mol. The molecule has 6 N–H and O–H groups in total. The molecule has 174 valence electrons. The Balaban J connectivity index is 1.52. The second-order valence-corrected chi connectivity index (χ2v) is 9.39. The fraction of sp³-hybridized carbons (Fsp3) is 0.217. The van der Waals surface area contributed by atoms with Gasteiger partial charge in [-0.2, -0.15) is 13.1 Å². The molecule has 0 amide bonds. The van der Waals surface area contributed by atoms with Crippen molar-refractivity contribution in [2.24, 2.45) is 5.14 Å². The van der Waals surface area contributed by atoms with E-state index in [1.165, 1.54) is 6.33 Å². The Morgan fingerprint density at radius 3 is 2.74 bits per heavy atom. The number of aromatic nitrogens is 3. The molecule has 1 aliphatic rings. The van der Waals surface area contributed by atoms with Crippen molar-refractivity contribution in [2.75, 3.05) is 12.3 Å². The zero-order chi connectivity index (χ0) is 23.9. The molecule has 0 radical (unpaired) electrons. The van der Waals surface area contributed by atoms with Crippen LogP contribution in [-0.2, 0) is 14.9 Å². The first-order chi connectivity index (χ1) is 16.3. The number of nitrogens with one attached hydrogen (secondary N) is 1. The number of fused-ring (bicyclic) bond motifs is 2. The Labute approximate surface area is 195 Å². The third-order valence-electron chi connectivity index (χ3n) is 5.76. The van der Waals surface area contributed by atoms with Gasteiger partial charge in [0.1, 0.15) is 24.0 Å². The lowest BCUT2D eigenvalue weighted by molar-refractivity contribution is -0.0130. The summed E-state index contributed by atoms with van der Waals surface area (Å²) in [6.07, 6.45) is 1.06. The average Bonchev–Trinajstić information content (AvgIpc) is 3.36. The first kappa shape index (κ1) is 22.3. The predicted molar refractivity (Wildman–Crippen MR) is 128 cm³/mol. The van der Waals surface area contributed by atoms with E-state index in [2.05, 4.69) is 26.5 Å². The Bertz CT molecular complexity index is 1550. The fourth-order valence-electron chi connectivity index (χ4n) is 4.16. The summed E-state index contributed by atoms with van der Waals surface area (Å²) in [4.78, 5) is 8.46. The van der Waals surface area contributed by atoms with Crippen LogP contribution in [-0.4, -0.2) is 46.8 Å². The Kier molecular flexibility index (Phi) is 5.68. The zero-order valence-corrected chi connectivity index (χ0v) is 18.7. The van der Waals surface area contributed by atoms with Crippen LogP contribution in [0.4, 0.5) is 5.82 Å². The first-order valence-electron chi connectivity index (χ1n) is 10.5. The van der Waals surface area contributed by atoms with Crippen LogP contribution in [0.1, 0.15) is 23.8 Å². The van der Waals surface area contributed by atoms with E-state index >= 15 is 0 Å². The maximum atomic E-state index is 11.2. The Hall–Kier alpha value is -3.53. The lowest BCUT2D eigenvalue weighted by Crippen LogP contribution is -2.40. The van der Waals surface area contributed by atoms with Gasteiger partial charge in [0.25, 0.3) is 10.2 Å². The molecule has 2 aromatic carbocycles. The van der Waals surface area contributed by atoms with Crippen molar-refractivity contribution in [2.45, 2.75) is 24.9 Å². The van der Waals surface area contributed by atoms with E-state index in [0.717, 1.165) is 16.3 Å². The van der Waals surface area contributed by atoms with Crippen molar-refractivity contribution in [3.8, 4) is 11.8 Å². The monoisotopic (exact) mass is 478 g/mol. The number of benzene rings is 2. The fourth-order valence-corrected chi connectivity index (χ4v) is 4.56. The van der Waals surface area contributed by atoms with E-state index in [0.29, 0.717) is 16.6 Å². The van der Waals surface area contributed by atoms with Gasteiger partial charge >= 0.3 is 0 Å². The summed E-state index contributed by atoms with van der Waals surface area (Å²) in [5.74, 6) is 6.69. The number of nitrogens with two attached hydrogens (primary N) is 2. The largest absolute Gasteiger partial charge is 0.390 e. The third kappa shape index (κ3) is 4.33. The molecule has 1 aliphatic heterocycles. The van der Waals surface area contributed by atoms with Crippen LogP contribution >= 0.6 is 0 Å². The summed E-state index contributed by atoms with van der Waals surface area (Å²) in [5, 5.41) is 18.1. The highest BCUT2D eigenvalue weighted by Crippen LogP contribution is 2.34. The summed E-state index contributed by atoms with van der Waals surface area (Å²) in [7, 11) is -3.91. The maximum Gasteiger partial charge on any atom is 0.274 e. The number of rotatable bonds is 4. The highest BCUT2D eigenvalue weighted by atomic mass is 32.2. The number of hydrogen-bond donors (Lipinski definition) is 4. The van der Waals surface area contributed by atoms with E-state index in [-0.39, 0.29) is 18.8 Å². The predicted octanol–water partition coefficient (Wildman–Crippen LogP) is 1.01. The molecular weight excluding hydrogens is 456 g/mol. The minimum Gasteiger partial charge on any atom is -0.390 e. The first-order valence-corrected chi connectivity index (χ1v) is 12.1. The van der Waals surface area contributed by atoms with Gasteiger partial charge in [0.05, 0.1) is 23.2 Å². The Morgan fingerprint density at radius 2 is 1.91 bits per heavy atom. The number of nitrogen functional groups attached to an aromatic ring is 1. The molecule has 5 rings (SSSR count). The topological polar surface area (TPSA) is 158 Å². The number of nitrogens with zero attached hydrogens (tertiary/aromatic N) is 3. The van der Waals surface area contributed by atoms with Crippen LogP contribution in [0.15, 0.2) is 55.0 Å². The highest BCUT2D eigenvalue weighted by molar-refractivity contribution is 7.87. The molecule has 10 nitrogen and oxygen atoms in total. The van der Waals surface area contributed by atoms with E-state index in [1.54, 1.807) is 10.8 Å². The van der Waals surface area contributed by atoms with Crippen molar-refractivity contribution in [1.82, 2.24) is 19.3 Å². The molecule has 0 aliphatic carbocycles. The number of aliphatic hydroxyl groups is 1. The van der Waals surface area contributed by atoms with Crippen molar-refractivity contribution >= 4 is 37.8 Å². The van der Waals surface area contributed by atoms with Crippen LogP contribution in [0.25, 0.3) is 21.8 Å². The summed E-state index contributed by atoms with van der Waals surface area (Å²) < 4.78 is 32.2. The van der Waals surface area contributed by atoms with E-state index in [4.69, 9.17) is 15.6 Å². The molecular formula is C23H22N6O4S. The molecule has 1 fully saturated rings. The number of anilines is 1. The normalized spacial score (nSPS) is 20.5. The van der Waals surface area contributed by atoms with Gasteiger partial charge in [0, 0.05) is 24.7 Å². The minimum atomic E-state index is -3.91. The van der Waals surface area contributed by atoms with Crippen LogP contribution < -0.4 is 15.6 Å². The lowest BCUT2D eigenvalue weighted by Gasteiger charge is -2.16. The molecule has 2 aromatic heterocycles. The van der Waals surface area contributed by atoms with Crippen molar-refractivity contribution in [3.63, 3.8) is 0 Å². The van der Waals surface area contributed by atoms with Crippen molar-refractivity contribution < 1.29 is 18.3 Å². The van der Waals surface area contributed by atoms with E-state index in [9.17, 15) is 13.5 Å². The molecule has 1 saturated heterocycles. The highest BCUT2D eigenvalue weighted by Gasteiger charge is 2.36. The van der Waals surface area contributed by atoms with Gasteiger partial charge in [0.15, 0.2) is 0 Å². The molecule has 0 spiro atoms. The summed E-state index contributed by atoms with van der Waals surface area (Å²) in [5.41, 5.74) is 8.16. The van der Waals surface area contributed by atoms with Gasteiger partial charge in [0.2, 0.25) is 0 Å². The van der Waals surface area contributed by atoms with Crippen LogP contribution in [0.2, 0.25) is 0 Å². The smallest absolute Gasteiger partial charge is 0.274 e. The quantitative estimate of drug-likeness (QED) is 0.319. The third-order valence-corrected chi connectivity index (χ3v) is 6.33. The molecule has 11 heteroatoms. The maximum absolute atomic E-state index is 11.2. The summed E-state index contributed by atoms with van der Waals surface area (Å²) in [6, 6.07) is 13.9. The molecule has 0 unspecified atom stereocenters. The van der Waals surface area contributed by atoms with Crippen LogP contribution in [0, 0.1) is 11.8 Å². The minimum absolute atomic E-state index is 0.152. The molecule has 3 heterocycles. The van der Waals surface area contributed by atoms with Gasteiger partial charge in [-0.1, -0.05) is 48.2 Å². The van der Waals surface area contributed by atoms with Gasteiger partial charge < -0.3 is 20.1 Å². The summed E-state index contributed by atoms with van der Waals surface area (Å²) in [6.45, 7) is -0.152. The van der Waals surface area contributed by atoms with Gasteiger partial charge in [-0.05, 0) is 16.8 Å². The second kappa shape index (κ2) is 8.68. The van der Waals surface area contributed by atoms with E-state index in [1.807, 2.05) is 42.5 Å². The Morgan fingerprint density at radius 1 is 1.15 bits per heavy atom. The van der Waals surface area contributed by atoms with Crippen LogP contribution in [0.3, 0.4) is 0 Å². The van der Waals surface area contributed by atoms with Crippen molar-refractivity contribution in [3.05, 3.63) is 66.1 Å². The number of ether oxygens (including phenoxy) is 1. The number of hydrogen-bond acceptors (Lipinski definition) is 7. The van der Waals surface area contributed by atoms with Crippen molar-refractivity contribution in [1.29, 1.82) is 0 Å². The molecule has 34 heavy (non-hydrogen) atoms. The molecule has 0 saturated carbocycles. The zero-order valence-electron chi connectivity index (χ0n) is 17.9. The molecule has 3 atom stereocenters. The van der Waals surface area contributed by atoms with Crippen LogP contribution in [0.5, 0.6) is 0 Å². The van der Waals surface area contributed by atoms with Gasteiger partial charge in [-0.3, -0.25) is 0 Å². The van der Waals surface area contributed by atoms with Gasteiger partial charge in [-0.25, -0.2) is 15.1 Å². The lowest BCUT2D eigenvalue weighted by atomic mass is 10.0. The standard InChI is InChI=1S/C23H22N6O4S/c24-22-21-16(9-8-15-6-3-5-14-4-1-2-7-17(14)15)12-29(23(21)27-13-26-22)20-10-18(30)19(33-20)11-28-34(25,31)32/h1-7,12-13,18-20,28,30H,10-11H2,(H2,24,26,27)(H2,25,31,32)/t18-,19+,20+/m0/s1. The SMILES string of the molecule is Nc1ncnc2c1c(C#Cc1cccc3ccccc13)cn2[C@H]1C[C@H](O)[C@@H](CNS(N)(=O)=O)O1. The molecule has 0 bridgehead atoms. The molecule has 4 aromatic rings. The van der Waals surface area contributed by atoms with Gasteiger partial charge in [-0.15, -0.1) is 0 Å². The second-order valence-electron chi connectivity index (χ2n) is 8.01. The summed E-state index contributed by atoms with van der Waals surface area (Å²) >= 11 is 0. The van der Waals surface area contributed by atoms with E-state index < -0.39 is 28.6 Å².